The van der Waals surface area contributed by atoms with Crippen molar-refractivity contribution in [2.75, 3.05) is 12.4 Å². The van der Waals surface area contributed by atoms with Crippen molar-refractivity contribution >= 4 is 17.7 Å². The highest BCUT2D eigenvalue weighted by atomic mass is 32.2. The minimum absolute atomic E-state index is 0.0912. The lowest BCUT2D eigenvalue weighted by Gasteiger charge is -2.01. The molecule has 1 aromatic rings. The lowest BCUT2D eigenvalue weighted by atomic mass is 10.2. The van der Waals surface area contributed by atoms with E-state index >= 15 is 0 Å². The molecule has 0 radical (unpaired) electrons. The topological polar surface area (TPSA) is 52.1 Å². The number of rotatable bonds is 8. The second kappa shape index (κ2) is 8.98. The largest absolute Gasteiger partial charge is 0.466 e. The zero-order valence-electron chi connectivity index (χ0n) is 10.1. The number of nitrogens with zero attached hydrogens (tertiary/aromatic N) is 2. The van der Waals surface area contributed by atoms with E-state index in [2.05, 4.69) is 9.97 Å². The van der Waals surface area contributed by atoms with Gasteiger partial charge < -0.3 is 4.74 Å². The number of ether oxygens (including phenoxy) is 1. The van der Waals surface area contributed by atoms with Crippen LogP contribution in [0.5, 0.6) is 0 Å². The maximum absolute atomic E-state index is 11.0. The van der Waals surface area contributed by atoms with Crippen LogP contribution in [0.4, 0.5) is 0 Å². The number of unbranched alkanes of at least 4 members (excludes halogenated alkanes) is 2. The van der Waals surface area contributed by atoms with Crippen LogP contribution in [-0.4, -0.2) is 28.3 Å². The Morgan fingerprint density at radius 1 is 1.29 bits per heavy atom. The summed E-state index contributed by atoms with van der Waals surface area (Å²) < 4.78 is 4.85. The summed E-state index contributed by atoms with van der Waals surface area (Å²) in [4.78, 5) is 19.3. The van der Waals surface area contributed by atoms with Gasteiger partial charge in [0.05, 0.1) is 6.61 Å². The lowest BCUT2D eigenvalue weighted by Crippen LogP contribution is -2.03. The van der Waals surface area contributed by atoms with Crippen LogP contribution in [0.25, 0.3) is 0 Å². The van der Waals surface area contributed by atoms with Crippen molar-refractivity contribution in [3.8, 4) is 0 Å². The molecule has 1 heterocycles. The molecule has 0 saturated heterocycles. The van der Waals surface area contributed by atoms with E-state index in [9.17, 15) is 4.79 Å². The fourth-order valence-corrected chi connectivity index (χ4v) is 2.11. The number of esters is 1. The first-order valence-corrected chi connectivity index (χ1v) is 6.87. The molecule has 0 atom stereocenters. The van der Waals surface area contributed by atoms with Crippen molar-refractivity contribution in [1.29, 1.82) is 0 Å². The average molecular weight is 254 g/mol. The van der Waals surface area contributed by atoms with Gasteiger partial charge in [-0.2, -0.15) is 0 Å². The van der Waals surface area contributed by atoms with E-state index in [1.165, 1.54) is 0 Å². The van der Waals surface area contributed by atoms with Gasteiger partial charge in [0, 0.05) is 24.6 Å². The third-order valence-electron chi connectivity index (χ3n) is 2.10. The molecule has 4 nitrogen and oxygen atoms in total. The average Bonchev–Trinajstić information content (AvgIpc) is 2.35. The minimum Gasteiger partial charge on any atom is -0.466 e. The molecule has 0 amide bonds. The zero-order valence-corrected chi connectivity index (χ0v) is 10.9. The van der Waals surface area contributed by atoms with Crippen LogP contribution in [0, 0.1) is 0 Å². The molecule has 0 fully saturated rings. The lowest BCUT2D eigenvalue weighted by molar-refractivity contribution is -0.143. The van der Waals surface area contributed by atoms with Crippen molar-refractivity contribution in [3.63, 3.8) is 0 Å². The van der Waals surface area contributed by atoms with Crippen molar-refractivity contribution < 1.29 is 9.53 Å². The molecule has 0 aliphatic heterocycles. The smallest absolute Gasteiger partial charge is 0.305 e. The predicted octanol–water partition coefficient (Wildman–Crippen LogP) is 2.69. The number of thioether (sulfide) groups is 1. The van der Waals surface area contributed by atoms with Gasteiger partial charge in [0.1, 0.15) is 0 Å². The molecule has 0 saturated carbocycles. The Labute approximate surface area is 106 Å². The highest BCUT2D eigenvalue weighted by Crippen LogP contribution is 2.14. The number of hydrogen-bond donors (Lipinski definition) is 0. The van der Waals surface area contributed by atoms with Crippen LogP contribution >= 0.6 is 11.8 Å². The maximum atomic E-state index is 11.0. The Kier molecular flexibility index (Phi) is 7.38. The first-order chi connectivity index (χ1) is 8.33. The van der Waals surface area contributed by atoms with E-state index in [0.717, 1.165) is 30.2 Å². The summed E-state index contributed by atoms with van der Waals surface area (Å²) >= 11 is 1.65. The summed E-state index contributed by atoms with van der Waals surface area (Å²) in [5, 5.41) is 0.817. The Morgan fingerprint density at radius 2 is 2.06 bits per heavy atom. The molecule has 0 N–H and O–H groups in total. The third kappa shape index (κ3) is 6.94. The maximum Gasteiger partial charge on any atom is 0.305 e. The summed E-state index contributed by atoms with van der Waals surface area (Å²) in [7, 11) is 0. The molecule has 0 bridgehead atoms. The molecule has 1 rings (SSSR count). The number of aromatic nitrogens is 2. The summed E-state index contributed by atoms with van der Waals surface area (Å²) in [6, 6.07) is 1.81. The van der Waals surface area contributed by atoms with Gasteiger partial charge in [-0.3, -0.25) is 4.79 Å². The van der Waals surface area contributed by atoms with Gasteiger partial charge in [-0.15, -0.1) is 0 Å². The molecule has 0 aromatic carbocycles. The Balaban J connectivity index is 1.96. The fourth-order valence-electron chi connectivity index (χ4n) is 1.30. The van der Waals surface area contributed by atoms with Crippen LogP contribution in [0.1, 0.15) is 32.6 Å². The normalized spacial score (nSPS) is 10.2. The number of carbonyl (C=O) groups excluding carboxylic acids is 1. The van der Waals surface area contributed by atoms with Gasteiger partial charge in [0.25, 0.3) is 0 Å². The molecule has 0 aliphatic carbocycles. The number of carbonyl (C=O) groups is 1. The van der Waals surface area contributed by atoms with Gasteiger partial charge in [0.2, 0.25) is 0 Å². The van der Waals surface area contributed by atoms with E-state index in [0.29, 0.717) is 13.0 Å². The van der Waals surface area contributed by atoms with Crippen molar-refractivity contribution in [3.05, 3.63) is 18.5 Å². The Hall–Kier alpha value is -1.10. The van der Waals surface area contributed by atoms with Crippen molar-refractivity contribution in [2.45, 2.75) is 37.8 Å². The van der Waals surface area contributed by atoms with Gasteiger partial charge in [0.15, 0.2) is 5.16 Å². The van der Waals surface area contributed by atoms with Crippen molar-refractivity contribution in [2.24, 2.45) is 0 Å². The molecule has 94 valence electrons. The SMILES string of the molecule is CCOC(=O)CCCCCSc1ncccn1. The second-order valence-corrected chi connectivity index (χ2v) is 4.56. The molecule has 17 heavy (non-hydrogen) atoms. The minimum atomic E-state index is -0.0912. The molecule has 0 aliphatic rings. The Bertz CT molecular complexity index is 320. The monoisotopic (exact) mass is 254 g/mol. The first-order valence-electron chi connectivity index (χ1n) is 5.88. The summed E-state index contributed by atoms with van der Waals surface area (Å²) in [6.45, 7) is 2.30. The highest BCUT2D eigenvalue weighted by molar-refractivity contribution is 7.99. The van der Waals surface area contributed by atoms with Crippen LogP contribution in [-0.2, 0) is 9.53 Å². The van der Waals surface area contributed by atoms with E-state index in [1.54, 1.807) is 24.2 Å². The van der Waals surface area contributed by atoms with E-state index in [4.69, 9.17) is 4.74 Å². The molecule has 0 spiro atoms. The van der Waals surface area contributed by atoms with Gasteiger partial charge in [-0.05, 0) is 25.8 Å². The first kappa shape index (κ1) is 14.0. The van der Waals surface area contributed by atoms with E-state index < -0.39 is 0 Å². The quantitative estimate of drug-likeness (QED) is 0.309. The third-order valence-corrected chi connectivity index (χ3v) is 3.07. The van der Waals surface area contributed by atoms with Crippen LogP contribution < -0.4 is 0 Å². The van der Waals surface area contributed by atoms with E-state index in [-0.39, 0.29) is 5.97 Å². The van der Waals surface area contributed by atoms with Crippen LogP contribution in [0.2, 0.25) is 0 Å². The number of hydrogen-bond acceptors (Lipinski definition) is 5. The zero-order chi connectivity index (χ0) is 12.3. The molecular formula is C12H18N2O2S. The second-order valence-electron chi connectivity index (χ2n) is 3.50. The van der Waals surface area contributed by atoms with Crippen LogP contribution in [0.3, 0.4) is 0 Å². The van der Waals surface area contributed by atoms with Gasteiger partial charge in [-0.25, -0.2) is 9.97 Å². The summed E-state index contributed by atoms with van der Waals surface area (Å²) in [5.41, 5.74) is 0. The van der Waals surface area contributed by atoms with Gasteiger partial charge in [-0.1, -0.05) is 18.2 Å². The molecule has 0 unspecified atom stereocenters. The van der Waals surface area contributed by atoms with Gasteiger partial charge >= 0.3 is 5.97 Å². The predicted molar refractivity (Wildman–Crippen MR) is 67.9 cm³/mol. The van der Waals surface area contributed by atoms with E-state index in [1.807, 2.05) is 13.0 Å². The summed E-state index contributed by atoms with van der Waals surface area (Å²) in [6.07, 6.45) is 7.03. The van der Waals surface area contributed by atoms with Crippen molar-refractivity contribution in [1.82, 2.24) is 9.97 Å². The molecule has 5 heteroatoms. The molecular weight excluding hydrogens is 236 g/mol. The standard InChI is InChI=1S/C12H18N2O2S/c1-2-16-11(15)7-4-3-5-10-17-12-13-8-6-9-14-12/h6,8-9H,2-5,7,10H2,1H3. The summed E-state index contributed by atoms with van der Waals surface area (Å²) in [5.74, 6) is 0.902. The van der Waals surface area contributed by atoms with Crippen LogP contribution in [0.15, 0.2) is 23.6 Å². The molecule has 1 aromatic heterocycles. The fraction of sp³-hybridized carbons (Fsp3) is 0.583. The Morgan fingerprint density at radius 3 is 2.76 bits per heavy atom. The highest BCUT2D eigenvalue weighted by Gasteiger charge is 2.01.